The van der Waals surface area contributed by atoms with Crippen LogP contribution in [0, 0.1) is 6.92 Å². The predicted molar refractivity (Wildman–Crippen MR) is 68.7 cm³/mol. The number of aryl methyl sites for hydroxylation is 1. The summed E-state index contributed by atoms with van der Waals surface area (Å²) in [6.07, 6.45) is -0.421. The molecule has 0 heterocycles. The zero-order valence-electron chi connectivity index (χ0n) is 9.33. The van der Waals surface area contributed by atoms with E-state index in [1.807, 2.05) is 25.1 Å². The van der Waals surface area contributed by atoms with Gasteiger partial charge in [0.1, 0.15) is 0 Å². The predicted octanol–water partition coefficient (Wildman–Crippen LogP) is 3.82. The van der Waals surface area contributed by atoms with Gasteiger partial charge in [-0.15, -0.1) is 0 Å². The van der Waals surface area contributed by atoms with Crippen LogP contribution in [-0.4, -0.2) is 16.1 Å². The first-order valence-electron chi connectivity index (χ1n) is 5.06. The Morgan fingerprint density at radius 3 is 2.60 bits per heavy atom. The first-order valence-corrected chi connectivity index (χ1v) is 6.49. The summed E-state index contributed by atoms with van der Waals surface area (Å²) >= 11 is 7.75. The van der Waals surface area contributed by atoms with Crippen LogP contribution in [0.2, 0.25) is 5.02 Å². The standard InChI is InChI=1S/C12H17ClOS/c1-8(2)15-7-12(14)10-5-4-9(3)11(13)6-10/h4-6,8,12,14H,7H2,1-3H3. The minimum atomic E-state index is -0.421. The molecule has 0 fully saturated rings. The average molecular weight is 245 g/mol. The van der Waals surface area contributed by atoms with E-state index in [0.717, 1.165) is 21.9 Å². The highest BCUT2D eigenvalue weighted by Crippen LogP contribution is 2.25. The van der Waals surface area contributed by atoms with E-state index >= 15 is 0 Å². The molecule has 1 nitrogen and oxygen atoms in total. The van der Waals surface area contributed by atoms with Crippen LogP contribution in [0.4, 0.5) is 0 Å². The highest BCUT2D eigenvalue weighted by Gasteiger charge is 2.09. The van der Waals surface area contributed by atoms with Crippen molar-refractivity contribution in [3.63, 3.8) is 0 Å². The van der Waals surface area contributed by atoms with Gasteiger partial charge in [-0.25, -0.2) is 0 Å². The van der Waals surface area contributed by atoms with Crippen LogP contribution in [0.25, 0.3) is 0 Å². The lowest BCUT2D eigenvalue weighted by Crippen LogP contribution is -2.03. The summed E-state index contributed by atoms with van der Waals surface area (Å²) in [4.78, 5) is 0. The molecular formula is C12H17ClOS. The Kier molecular flexibility index (Phi) is 4.97. The summed E-state index contributed by atoms with van der Waals surface area (Å²) in [6.45, 7) is 6.21. The van der Waals surface area contributed by atoms with E-state index in [1.54, 1.807) is 11.8 Å². The molecule has 1 aromatic carbocycles. The molecule has 0 aliphatic heterocycles. The van der Waals surface area contributed by atoms with E-state index in [1.165, 1.54) is 0 Å². The molecule has 0 radical (unpaired) electrons. The summed E-state index contributed by atoms with van der Waals surface area (Å²) < 4.78 is 0. The van der Waals surface area contributed by atoms with Gasteiger partial charge in [-0.2, -0.15) is 11.8 Å². The molecule has 0 saturated carbocycles. The third-order valence-corrected chi connectivity index (χ3v) is 3.75. The lowest BCUT2D eigenvalue weighted by molar-refractivity contribution is 0.204. The van der Waals surface area contributed by atoms with Gasteiger partial charge in [0.15, 0.2) is 0 Å². The summed E-state index contributed by atoms with van der Waals surface area (Å²) in [5, 5.41) is 11.2. The SMILES string of the molecule is Cc1ccc(C(O)CSC(C)C)cc1Cl. The summed E-state index contributed by atoms with van der Waals surface area (Å²) in [5.74, 6) is 0.719. The van der Waals surface area contributed by atoms with Crippen molar-refractivity contribution in [2.24, 2.45) is 0 Å². The van der Waals surface area contributed by atoms with E-state index in [-0.39, 0.29) is 0 Å². The van der Waals surface area contributed by atoms with Gasteiger partial charge in [0.05, 0.1) is 6.10 Å². The van der Waals surface area contributed by atoms with Gasteiger partial charge in [-0.1, -0.05) is 37.6 Å². The van der Waals surface area contributed by atoms with Gasteiger partial charge in [0.2, 0.25) is 0 Å². The largest absolute Gasteiger partial charge is 0.388 e. The second kappa shape index (κ2) is 5.78. The van der Waals surface area contributed by atoms with Crippen molar-refractivity contribution in [3.05, 3.63) is 34.3 Å². The first-order chi connectivity index (χ1) is 7.00. The van der Waals surface area contributed by atoms with Crippen LogP contribution in [0.1, 0.15) is 31.1 Å². The molecular weight excluding hydrogens is 228 g/mol. The molecule has 0 saturated heterocycles. The molecule has 1 atom stereocenters. The van der Waals surface area contributed by atoms with E-state index in [0.29, 0.717) is 5.25 Å². The maximum absolute atomic E-state index is 9.91. The number of hydrogen-bond donors (Lipinski definition) is 1. The lowest BCUT2D eigenvalue weighted by atomic mass is 10.1. The smallest absolute Gasteiger partial charge is 0.0881 e. The normalized spacial score (nSPS) is 13.2. The van der Waals surface area contributed by atoms with Gasteiger partial charge < -0.3 is 5.11 Å². The quantitative estimate of drug-likeness (QED) is 0.869. The van der Waals surface area contributed by atoms with E-state index in [9.17, 15) is 5.11 Å². The van der Waals surface area contributed by atoms with Crippen LogP contribution in [0.3, 0.4) is 0 Å². The Labute approximate surface area is 101 Å². The minimum absolute atomic E-state index is 0.421. The molecule has 1 unspecified atom stereocenters. The zero-order valence-corrected chi connectivity index (χ0v) is 10.9. The van der Waals surface area contributed by atoms with Crippen LogP contribution in [0.15, 0.2) is 18.2 Å². The molecule has 0 spiro atoms. The fraction of sp³-hybridized carbons (Fsp3) is 0.500. The molecule has 1 N–H and O–H groups in total. The maximum atomic E-state index is 9.91. The Balaban J connectivity index is 2.65. The molecule has 0 aromatic heterocycles. The number of halogens is 1. The third-order valence-electron chi connectivity index (χ3n) is 2.17. The van der Waals surface area contributed by atoms with E-state index in [2.05, 4.69) is 13.8 Å². The van der Waals surface area contributed by atoms with Crippen molar-refractivity contribution in [2.75, 3.05) is 5.75 Å². The highest BCUT2D eigenvalue weighted by molar-refractivity contribution is 7.99. The Hall–Kier alpha value is -0.180. The monoisotopic (exact) mass is 244 g/mol. The van der Waals surface area contributed by atoms with Crippen LogP contribution >= 0.6 is 23.4 Å². The Morgan fingerprint density at radius 2 is 2.07 bits per heavy atom. The van der Waals surface area contributed by atoms with E-state index in [4.69, 9.17) is 11.6 Å². The van der Waals surface area contributed by atoms with Crippen LogP contribution < -0.4 is 0 Å². The van der Waals surface area contributed by atoms with Crippen molar-refractivity contribution in [1.29, 1.82) is 0 Å². The fourth-order valence-corrected chi connectivity index (χ4v) is 2.14. The van der Waals surface area contributed by atoms with Crippen molar-refractivity contribution in [1.82, 2.24) is 0 Å². The molecule has 3 heteroatoms. The number of rotatable bonds is 4. The van der Waals surface area contributed by atoms with Crippen molar-refractivity contribution < 1.29 is 5.11 Å². The summed E-state index contributed by atoms with van der Waals surface area (Å²) in [6, 6.07) is 5.73. The van der Waals surface area contributed by atoms with Crippen LogP contribution in [0.5, 0.6) is 0 Å². The molecule has 0 aliphatic rings. The number of hydrogen-bond acceptors (Lipinski definition) is 2. The molecule has 0 bridgehead atoms. The number of thioether (sulfide) groups is 1. The molecule has 0 amide bonds. The van der Waals surface area contributed by atoms with Gasteiger partial charge in [-0.3, -0.25) is 0 Å². The second-order valence-corrected chi connectivity index (χ2v) is 5.92. The summed E-state index contributed by atoms with van der Waals surface area (Å²) in [5.41, 5.74) is 1.95. The average Bonchev–Trinajstić information content (AvgIpc) is 2.18. The molecule has 84 valence electrons. The number of benzene rings is 1. The molecule has 1 aromatic rings. The molecule has 1 rings (SSSR count). The van der Waals surface area contributed by atoms with Crippen molar-refractivity contribution in [3.8, 4) is 0 Å². The second-order valence-electron chi connectivity index (χ2n) is 3.91. The van der Waals surface area contributed by atoms with Crippen molar-refractivity contribution in [2.45, 2.75) is 32.1 Å². The topological polar surface area (TPSA) is 20.2 Å². The lowest BCUT2D eigenvalue weighted by Gasteiger charge is -2.13. The van der Waals surface area contributed by atoms with Gasteiger partial charge in [0, 0.05) is 10.8 Å². The Morgan fingerprint density at radius 1 is 1.40 bits per heavy atom. The number of aliphatic hydroxyl groups excluding tert-OH is 1. The number of aliphatic hydroxyl groups is 1. The third kappa shape index (κ3) is 4.06. The Bertz CT molecular complexity index is 325. The van der Waals surface area contributed by atoms with E-state index < -0.39 is 6.10 Å². The first kappa shape index (κ1) is 12.9. The maximum Gasteiger partial charge on any atom is 0.0881 e. The molecule has 0 aliphatic carbocycles. The highest BCUT2D eigenvalue weighted by atomic mass is 35.5. The van der Waals surface area contributed by atoms with Crippen molar-refractivity contribution >= 4 is 23.4 Å². The van der Waals surface area contributed by atoms with Gasteiger partial charge >= 0.3 is 0 Å². The molecule has 15 heavy (non-hydrogen) atoms. The fourth-order valence-electron chi connectivity index (χ4n) is 1.20. The summed E-state index contributed by atoms with van der Waals surface area (Å²) in [7, 11) is 0. The zero-order chi connectivity index (χ0) is 11.4. The minimum Gasteiger partial charge on any atom is -0.388 e. The van der Waals surface area contributed by atoms with Gasteiger partial charge in [0.25, 0.3) is 0 Å². The van der Waals surface area contributed by atoms with Crippen LogP contribution in [-0.2, 0) is 0 Å². The van der Waals surface area contributed by atoms with Gasteiger partial charge in [-0.05, 0) is 29.4 Å².